The first-order chi connectivity index (χ1) is 13.1. The van der Waals surface area contributed by atoms with Gasteiger partial charge < -0.3 is 15.4 Å². The van der Waals surface area contributed by atoms with E-state index in [4.69, 9.17) is 4.74 Å². The van der Waals surface area contributed by atoms with E-state index in [9.17, 15) is 0 Å². The van der Waals surface area contributed by atoms with Crippen LogP contribution in [0.4, 0.5) is 11.8 Å². The lowest BCUT2D eigenvalue weighted by Gasteiger charge is -2.11. The fourth-order valence-electron chi connectivity index (χ4n) is 2.90. The van der Waals surface area contributed by atoms with E-state index in [2.05, 4.69) is 63.9 Å². The molecule has 27 heavy (non-hydrogen) atoms. The van der Waals surface area contributed by atoms with E-state index < -0.39 is 0 Å². The van der Waals surface area contributed by atoms with E-state index >= 15 is 0 Å². The average Bonchev–Trinajstić information content (AvgIpc) is 2.66. The van der Waals surface area contributed by atoms with Crippen LogP contribution in [0.15, 0.2) is 54.6 Å². The van der Waals surface area contributed by atoms with Crippen molar-refractivity contribution in [2.75, 3.05) is 24.3 Å². The van der Waals surface area contributed by atoms with Gasteiger partial charge in [0.25, 0.3) is 0 Å². The first-order valence-electron chi connectivity index (χ1n) is 9.14. The van der Waals surface area contributed by atoms with Gasteiger partial charge in [0.2, 0.25) is 5.95 Å². The van der Waals surface area contributed by atoms with Gasteiger partial charge in [0.05, 0.1) is 7.11 Å². The Morgan fingerprint density at radius 2 is 1.70 bits per heavy atom. The molecule has 0 aliphatic carbocycles. The number of nitrogens with zero attached hydrogens (tertiary/aromatic N) is 2. The maximum atomic E-state index is 5.27. The number of ether oxygens (including phenoxy) is 1. The van der Waals surface area contributed by atoms with Gasteiger partial charge in [-0.05, 0) is 43.5 Å². The Bertz CT molecular complexity index is 895. The maximum Gasteiger partial charge on any atom is 0.225 e. The lowest BCUT2D eigenvalue weighted by molar-refractivity contribution is 0.414. The van der Waals surface area contributed by atoms with Crippen molar-refractivity contribution in [2.45, 2.75) is 26.8 Å². The summed E-state index contributed by atoms with van der Waals surface area (Å²) >= 11 is 0. The summed E-state index contributed by atoms with van der Waals surface area (Å²) in [6, 6.07) is 18.5. The molecular formula is C22H26N4O. The highest BCUT2D eigenvalue weighted by Crippen LogP contribution is 2.14. The largest absolute Gasteiger partial charge is 0.497 e. The Morgan fingerprint density at radius 1 is 0.889 bits per heavy atom. The second-order valence-corrected chi connectivity index (χ2v) is 6.59. The highest BCUT2D eigenvalue weighted by atomic mass is 16.5. The second kappa shape index (κ2) is 9.03. The van der Waals surface area contributed by atoms with Gasteiger partial charge in [0, 0.05) is 24.8 Å². The SMILES string of the molecule is COc1cccc(CCNc2cc(C)nc(NCc3cccc(C)c3)n2)c1. The van der Waals surface area contributed by atoms with Crippen molar-refractivity contribution in [1.82, 2.24) is 9.97 Å². The van der Waals surface area contributed by atoms with Crippen molar-refractivity contribution in [3.05, 3.63) is 77.0 Å². The smallest absolute Gasteiger partial charge is 0.225 e. The zero-order valence-corrected chi connectivity index (χ0v) is 16.1. The third-order valence-electron chi connectivity index (χ3n) is 4.24. The van der Waals surface area contributed by atoms with Crippen LogP contribution in [0.1, 0.15) is 22.4 Å². The Morgan fingerprint density at radius 3 is 2.52 bits per heavy atom. The number of methoxy groups -OCH3 is 1. The van der Waals surface area contributed by atoms with Crippen LogP contribution in [0, 0.1) is 13.8 Å². The van der Waals surface area contributed by atoms with Gasteiger partial charge >= 0.3 is 0 Å². The van der Waals surface area contributed by atoms with Crippen LogP contribution in [-0.4, -0.2) is 23.6 Å². The molecule has 0 saturated heterocycles. The van der Waals surface area contributed by atoms with E-state index in [1.807, 2.05) is 25.1 Å². The number of rotatable bonds is 8. The molecule has 0 radical (unpaired) electrons. The zero-order chi connectivity index (χ0) is 19.1. The van der Waals surface area contributed by atoms with Crippen LogP contribution >= 0.6 is 0 Å². The number of benzene rings is 2. The van der Waals surface area contributed by atoms with Crippen molar-refractivity contribution >= 4 is 11.8 Å². The molecular weight excluding hydrogens is 336 g/mol. The third-order valence-corrected chi connectivity index (χ3v) is 4.24. The summed E-state index contributed by atoms with van der Waals surface area (Å²) in [5.41, 5.74) is 4.62. The molecule has 5 heteroatoms. The monoisotopic (exact) mass is 362 g/mol. The molecule has 3 rings (SSSR count). The highest BCUT2D eigenvalue weighted by molar-refractivity contribution is 5.43. The number of hydrogen-bond acceptors (Lipinski definition) is 5. The summed E-state index contributed by atoms with van der Waals surface area (Å²) in [4.78, 5) is 9.06. The van der Waals surface area contributed by atoms with Gasteiger partial charge in [-0.15, -0.1) is 0 Å². The van der Waals surface area contributed by atoms with E-state index in [-0.39, 0.29) is 0 Å². The van der Waals surface area contributed by atoms with Crippen molar-refractivity contribution in [2.24, 2.45) is 0 Å². The molecule has 0 spiro atoms. The number of aryl methyl sites for hydroxylation is 2. The molecule has 2 N–H and O–H groups in total. The molecule has 1 aromatic heterocycles. The van der Waals surface area contributed by atoms with Crippen LogP contribution in [-0.2, 0) is 13.0 Å². The van der Waals surface area contributed by atoms with Gasteiger partial charge in [-0.1, -0.05) is 42.0 Å². The topological polar surface area (TPSA) is 59.1 Å². The molecule has 0 aliphatic rings. The van der Waals surface area contributed by atoms with Crippen LogP contribution in [0.25, 0.3) is 0 Å². The molecule has 0 amide bonds. The number of nitrogens with one attached hydrogen (secondary N) is 2. The molecule has 3 aromatic rings. The molecule has 0 saturated carbocycles. The van der Waals surface area contributed by atoms with E-state index in [1.165, 1.54) is 16.7 Å². The van der Waals surface area contributed by atoms with Gasteiger partial charge in [-0.2, -0.15) is 4.98 Å². The third kappa shape index (κ3) is 5.71. The van der Waals surface area contributed by atoms with Crippen LogP contribution in [0.3, 0.4) is 0 Å². The molecule has 5 nitrogen and oxygen atoms in total. The van der Waals surface area contributed by atoms with Crippen LogP contribution in [0.2, 0.25) is 0 Å². The van der Waals surface area contributed by atoms with Crippen molar-refractivity contribution in [3.63, 3.8) is 0 Å². The summed E-state index contributed by atoms with van der Waals surface area (Å²) in [6.07, 6.45) is 0.895. The predicted molar refractivity (Wildman–Crippen MR) is 110 cm³/mol. The Hall–Kier alpha value is -3.08. The number of aromatic nitrogens is 2. The molecule has 140 valence electrons. The summed E-state index contributed by atoms with van der Waals surface area (Å²) in [6.45, 7) is 5.57. The van der Waals surface area contributed by atoms with Crippen LogP contribution in [0.5, 0.6) is 5.75 Å². The quantitative estimate of drug-likeness (QED) is 0.623. The number of anilines is 2. The normalized spacial score (nSPS) is 10.5. The zero-order valence-electron chi connectivity index (χ0n) is 16.1. The maximum absolute atomic E-state index is 5.27. The first kappa shape index (κ1) is 18.7. The van der Waals surface area contributed by atoms with Gasteiger partial charge in [0.1, 0.15) is 11.6 Å². The minimum Gasteiger partial charge on any atom is -0.497 e. The summed E-state index contributed by atoms with van der Waals surface area (Å²) in [5, 5.41) is 6.70. The lowest BCUT2D eigenvalue weighted by atomic mass is 10.1. The van der Waals surface area contributed by atoms with E-state index in [0.717, 1.165) is 30.2 Å². The number of hydrogen-bond donors (Lipinski definition) is 2. The molecule has 0 bridgehead atoms. The molecule has 0 aliphatic heterocycles. The minimum atomic E-state index is 0.639. The summed E-state index contributed by atoms with van der Waals surface area (Å²) in [7, 11) is 1.69. The Kier molecular flexibility index (Phi) is 6.26. The molecule has 0 unspecified atom stereocenters. The highest BCUT2D eigenvalue weighted by Gasteiger charge is 2.03. The van der Waals surface area contributed by atoms with Crippen molar-refractivity contribution < 1.29 is 4.74 Å². The fraction of sp³-hybridized carbons (Fsp3) is 0.273. The summed E-state index contributed by atoms with van der Waals surface area (Å²) in [5.74, 6) is 2.35. The van der Waals surface area contributed by atoms with Crippen molar-refractivity contribution in [3.8, 4) is 5.75 Å². The van der Waals surface area contributed by atoms with E-state index in [1.54, 1.807) is 7.11 Å². The Balaban J connectivity index is 1.57. The van der Waals surface area contributed by atoms with Crippen molar-refractivity contribution in [1.29, 1.82) is 0 Å². The standard InChI is InChI=1S/C22H26N4O/c1-16-6-4-8-19(12-16)15-24-22-25-17(2)13-21(26-22)23-11-10-18-7-5-9-20(14-18)27-3/h4-9,12-14H,10-11,15H2,1-3H3,(H2,23,24,25,26). The predicted octanol–water partition coefficient (Wildman–Crippen LogP) is 4.37. The van der Waals surface area contributed by atoms with Gasteiger partial charge in [0.15, 0.2) is 0 Å². The molecule has 0 atom stereocenters. The first-order valence-corrected chi connectivity index (χ1v) is 9.14. The molecule has 2 aromatic carbocycles. The Labute approximate surface area is 160 Å². The average molecular weight is 362 g/mol. The van der Waals surface area contributed by atoms with Crippen LogP contribution < -0.4 is 15.4 Å². The fourth-order valence-corrected chi connectivity index (χ4v) is 2.90. The molecule has 0 fully saturated rings. The molecule has 1 heterocycles. The second-order valence-electron chi connectivity index (χ2n) is 6.59. The lowest BCUT2D eigenvalue weighted by Crippen LogP contribution is -2.10. The van der Waals surface area contributed by atoms with Gasteiger partial charge in [-0.25, -0.2) is 4.98 Å². The summed E-state index contributed by atoms with van der Waals surface area (Å²) < 4.78 is 5.27. The van der Waals surface area contributed by atoms with Gasteiger partial charge in [-0.3, -0.25) is 0 Å². The van der Waals surface area contributed by atoms with E-state index in [0.29, 0.717) is 12.5 Å². The minimum absolute atomic E-state index is 0.639.